The van der Waals surface area contributed by atoms with Gasteiger partial charge >= 0.3 is 0 Å². The lowest BCUT2D eigenvalue weighted by Gasteiger charge is -2.32. The van der Waals surface area contributed by atoms with Gasteiger partial charge in [0.1, 0.15) is 18.1 Å². The summed E-state index contributed by atoms with van der Waals surface area (Å²) < 4.78 is 3.57. The Morgan fingerprint density at radius 2 is 2.15 bits per heavy atom. The van der Waals surface area contributed by atoms with Gasteiger partial charge in [0.2, 0.25) is 5.91 Å². The summed E-state index contributed by atoms with van der Waals surface area (Å²) in [4.78, 5) is 30.7. The Labute approximate surface area is 159 Å². The van der Waals surface area contributed by atoms with Crippen LogP contribution in [0.3, 0.4) is 0 Å². The Hall–Kier alpha value is -2.64. The van der Waals surface area contributed by atoms with E-state index in [1.807, 2.05) is 17.9 Å². The molecule has 1 unspecified atom stereocenters. The first-order valence-electron chi connectivity index (χ1n) is 9.57. The average molecular weight is 372 g/mol. The number of imidazole rings is 1. The van der Waals surface area contributed by atoms with Crippen LogP contribution in [0.2, 0.25) is 0 Å². The molecular formula is C19H28N6O2. The molecule has 0 bridgehead atoms. The number of hydrogen-bond acceptors (Lipinski definition) is 4. The molecule has 27 heavy (non-hydrogen) atoms. The van der Waals surface area contributed by atoms with E-state index in [-0.39, 0.29) is 24.3 Å². The lowest BCUT2D eigenvalue weighted by atomic mass is 9.96. The van der Waals surface area contributed by atoms with E-state index >= 15 is 0 Å². The number of piperidine rings is 1. The minimum Gasteiger partial charge on any atom is -0.368 e. The van der Waals surface area contributed by atoms with Crippen molar-refractivity contribution in [3.8, 4) is 0 Å². The molecule has 8 heteroatoms. The summed E-state index contributed by atoms with van der Waals surface area (Å²) in [5.41, 5.74) is 6.91. The van der Waals surface area contributed by atoms with E-state index < -0.39 is 5.91 Å². The fourth-order valence-corrected chi connectivity index (χ4v) is 3.65. The van der Waals surface area contributed by atoms with Gasteiger partial charge in [0.05, 0.1) is 5.69 Å². The molecule has 3 rings (SSSR count). The predicted octanol–water partition coefficient (Wildman–Crippen LogP) is 1.73. The highest BCUT2D eigenvalue weighted by Gasteiger charge is 2.30. The summed E-state index contributed by atoms with van der Waals surface area (Å²) in [7, 11) is 0. The van der Waals surface area contributed by atoms with E-state index in [0.717, 1.165) is 30.9 Å². The van der Waals surface area contributed by atoms with Gasteiger partial charge in [0.15, 0.2) is 0 Å². The standard InChI is InChI=1S/C19H28N6O2/c1-4-25-16(10-15(22-25)13(2)3)19(27)24-8-5-6-14(11-24)18-21-7-9-23(18)12-17(20)26/h7,9-10,13-14H,4-6,8,11-12H2,1-3H3,(H2,20,26). The third-order valence-electron chi connectivity index (χ3n) is 5.06. The number of nitrogens with zero attached hydrogens (tertiary/aromatic N) is 5. The molecule has 8 nitrogen and oxygen atoms in total. The molecule has 2 aromatic heterocycles. The maximum atomic E-state index is 13.2. The summed E-state index contributed by atoms with van der Waals surface area (Å²) in [6.07, 6.45) is 5.28. The molecule has 1 fully saturated rings. The lowest BCUT2D eigenvalue weighted by molar-refractivity contribution is -0.118. The number of aryl methyl sites for hydroxylation is 1. The molecule has 0 aromatic carbocycles. The molecule has 0 aliphatic carbocycles. The van der Waals surface area contributed by atoms with Crippen LogP contribution in [0.1, 0.15) is 67.5 Å². The quantitative estimate of drug-likeness (QED) is 0.835. The molecule has 1 aliphatic heterocycles. The maximum Gasteiger partial charge on any atom is 0.272 e. The van der Waals surface area contributed by atoms with Crippen LogP contribution in [0.25, 0.3) is 0 Å². The van der Waals surface area contributed by atoms with Crippen molar-refractivity contribution >= 4 is 11.8 Å². The van der Waals surface area contributed by atoms with Crippen LogP contribution in [-0.2, 0) is 17.9 Å². The smallest absolute Gasteiger partial charge is 0.272 e. The Morgan fingerprint density at radius 1 is 1.37 bits per heavy atom. The molecule has 2 N–H and O–H groups in total. The maximum absolute atomic E-state index is 13.2. The summed E-state index contributed by atoms with van der Waals surface area (Å²) in [6.45, 7) is 8.22. The van der Waals surface area contributed by atoms with Gasteiger partial charge < -0.3 is 15.2 Å². The van der Waals surface area contributed by atoms with Crippen molar-refractivity contribution in [2.24, 2.45) is 5.73 Å². The van der Waals surface area contributed by atoms with Crippen molar-refractivity contribution in [1.82, 2.24) is 24.2 Å². The van der Waals surface area contributed by atoms with Gasteiger partial charge in [-0.2, -0.15) is 5.10 Å². The highest BCUT2D eigenvalue weighted by molar-refractivity contribution is 5.93. The third-order valence-corrected chi connectivity index (χ3v) is 5.06. The Balaban J connectivity index is 1.79. The fourth-order valence-electron chi connectivity index (χ4n) is 3.65. The number of primary amides is 1. The predicted molar refractivity (Wildman–Crippen MR) is 101 cm³/mol. The zero-order chi connectivity index (χ0) is 19.6. The third kappa shape index (κ3) is 4.04. The van der Waals surface area contributed by atoms with Gasteiger partial charge in [0, 0.05) is 37.9 Å². The first-order valence-corrected chi connectivity index (χ1v) is 9.57. The molecule has 0 spiro atoms. The summed E-state index contributed by atoms with van der Waals surface area (Å²) >= 11 is 0. The second-order valence-corrected chi connectivity index (χ2v) is 7.39. The Kier molecular flexibility index (Phi) is 5.62. The largest absolute Gasteiger partial charge is 0.368 e. The molecule has 3 heterocycles. The van der Waals surface area contributed by atoms with Gasteiger partial charge in [-0.3, -0.25) is 14.3 Å². The van der Waals surface area contributed by atoms with E-state index in [1.165, 1.54) is 0 Å². The first-order chi connectivity index (χ1) is 12.9. The van der Waals surface area contributed by atoms with Gasteiger partial charge in [-0.15, -0.1) is 0 Å². The van der Waals surface area contributed by atoms with Gasteiger partial charge in [-0.25, -0.2) is 4.98 Å². The summed E-state index contributed by atoms with van der Waals surface area (Å²) in [5.74, 6) is 0.803. The second-order valence-electron chi connectivity index (χ2n) is 7.39. The van der Waals surface area contributed by atoms with E-state index in [4.69, 9.17) is 5.73 Å². The van der Waals surface area contributed by atoms with Gasteiger partial charge in [-0.1, -0.05) is 13.8 Å². The molecular weight excluding hydrogens is 344 g/mol. The van der Waals surface area contributed by atoms with Crippen LogP contribution in [0.4, 0.5) is 0 Å². The fraction of sp³-hybridized carbons (Fsp3) is 0.579. The molecule has 1 atom stereocenters. The summed E-state index contributed by atoms with van der Waals surface area (Å²) in [6, 6.07) is 1.91. The topological polar surface area (TPSA) is 99.0 Å². The van der Waals surface area contributed by atoms with Crippen LogP contribution >= 0.6 is 0 Å². The van der Waals surface area contributed by atoms with E-state index in [9.17, 15) is 9.59 Å². The van der Waals surface area contributed by atoms with Crippen molar-refractivity contribution in [2.75, 3.05) is 13.1 Å². The van der Waals surface area contributed by atoms with E-state index in [2.05, 4.69) is 23.9 Å². The first kappa shape index (κ1) is 19.1. The number of carbonyl (C=O) groups is 2. The van der Waals surface area contributed by atoms with Crippen LogP contribution < -0.4 is 5.73 Å². The van der Waals surface area contributed by atoms with E-state index in [0.29, 0.717) is 18.8 Å². The SMILES string of the molecule is CCn1nc(C(C)C)cc1C(=O)N1CCCC(c2nccn2CC(N)=O)C1. The average Bonchev–Trinajstić information content (AvgIpc) is 3.27. The molecule has 146 valence electrons. The van der Waals surface area contributed by atoms with Crippen LogP contribution in [0.15, 0.2) is 18.5 Å². The highest BCUT2D eigenvalue weighted by Crippen LogP contribution is 2.27. The van der Waals surface area contributed by atoms with E-state index in [1.54, 1.807) is 21.6 Å². The number of carbonyl (C=O) groups excluding carboxylic acids is 2. The van der Waals surface area contributed by atoms with Gasteiger partial charge in [-0.05, 0) is 31.7 Å². The Morgan fingerprint density at radius 3 is 2.81 bits per heavy atom. The highest BCUT2D eigenvalue weighted by atomic mass is 16.2. The van der Waals surface area contributed by atoms with Crippen molar-refractivity contribution < 1.29 is 9.59 Å². The van der Waals surface area contributed by atoms with Gasteiger partial charge in [0.25, 0.3) is 5.91 Å². The zero-order valence-corrected chi connectivity index (χ0v) is 16.3. The molecule has 0 radical (unpaired) electrons. The lowest BCUT2D eigenvalue weighted by Crippen LogP contribution is -2.40. The number of rotatable bonds is 6. The van der Waals surface area contributed by atoms with Crippen LogP contribution in [0, 0.1) is 0 Å². The summed E-state index contributed by atoms with van der Waals surface area (Å²) in [5, 5.41) is 4.56. The monoisotopic (exact) mass is 372 g/mol. The molecule has 2 amide bonds. The molecule has 0 saturated carbocycles. The number of likely N-dealkylation sites (tertiary alicyclic amines) is 1. The number of aromatic nitrogens is 4. The van der Waals surface area contributed by atoms with Crippen molar-refractivity contribution in [2.45, 2.75) is 58.5 Å². The normalized spacial score (nSPS) is 17.5. The molecule has 1 saturated heterocycles. The second kappa shape index (κ2) is 7.94. The number of hydrogen-bond donors (Lipinski definition) is 1. The van der Waals surface area contributed by atoms with Crippen LogP contribution in [0.5, 0.6) is 0 Å². The van der Waals surface area contributed by atoms with Crippen LogP contribution in [-0.4, -0.2) is 49.1 Å². The minimum absolute atomic E-state index is 0.00829. The molecule has 2 aromatic rings. The molecule has 1 aliphatic rings. The number of nitrogens with two attached hydrogens (primary N) is 1. The van der Waals surface area contributed by atoms with Crippen molar-refractivity contribution in [1.29, 1.82) is 0 Å². The zero-order valence-electron chi connectivity index (χ0n) is 16.3. The minimum atomic E-state index is -0.397. The Bertz CT molecular complexity index is 822. The number of amides is 2. The van der Waals surface area contributed by atoms with Crippen molar-refractivity contribution in [3.05, 3.63) is 35.7 Å². The van der Waals surface area contributed by atoms with Crippen molar-refractivity contribution in [3.63, 3.8) is 0 Å².